The van der Waals surface area contributed by atoms with Crippen LogP contribution in [0.15, 0.2) is 42.0 Å². The van der Waals surface area contributed by atoms with Gasteiger partial charge in [0.1, 0.15) is 5.75 Å². The molecule has 2 aromatic carbocycles. The monoisotopic (exact) mass is 255 g/mol. The molecule has 0 spiro atoms. The van der Waals surface area contributed by atoms with Crippen molar-refractivity contribution >= 4 is 16.8 Å². The summed E-state index contributed by atoms with van der Waals surface area (Å²) in [6.07, 6.45) is 3.28. The van der Waals surface area contributed by atoms with Gasteiger partial charge in [-0.05, 0) is 30.3 Å². The highest BCUT2D eigenvalue weighted by Gasteiger charge is 2.06. The Kier molecular flexibility index (Phi) is 4.58. The first-order valence-corrected chi connectivity index (χ1v) is 6.70. The van der Waals surface area contributed by atoms with E-state index in [1.807, 2.05) is 13.1 Å². The van der Waals surface area contributed by atoms with Crippen LogP contribution in [0.3, 0.4) is 0 Å². The molecule has 0 unspecified atom stereocenters. The van der Waals surface area contributed by atoms with Crippen LogP contribution >= 0.6 is 0 Å². The van der Waals surface area contributed by atoms with E-state index in [0.29, 0.717) is 0 Å². The Hall–Kier alpha value is -1.80. The number of rotatable bonds is 5. The second-order valence-corrected chi connectivity index (χ2v) is 4.59. The Balaban J connectivity index is 2.61. The van der Waals surface area contributed by atoms with Crippen molar-refractivity contribution in [2.24, 2.45) is 0 Å². The number of nitrogens with one attached hydrogen (secondary N) is 1. The largest absolute Gasteiger partial charge is 0.496 e. The third kappa shape index (κ3) is 2.96. The number of methoxy groups -OCH3 is 1. The molecule has 0 atom stereocenters. The smallest absolute Gasteiger partial charge is 0.126 e. The lowest BCUT2D eigenvalue weighted by atomic mass is 10.0. The van der Waals surface area contributed by atoms with Gasteiger partial charge in [0.2, 0.25) is 0 Å². The summed E-state index contributed by atoms with van der Waals surface area (Å²) in [7, 11) is 3.70. The lowest BCUT2D eigenvalue weighted by Gasteiger charge is -2.11. The maximum Gasteiger partial charge on any atom is 0.126 e. The van der Waals surface area contributed by atoms with Crippen LogP contribution in [0.2, 0.25) is 0 Å². The Morgan fingerprint density at radius 1 is 1.21 bits per heavy atom. The molecule has 0 aromatic heterocycles. The van der Waals surface area contributed by atoms with Gasteiger partial charge in [0, 0.05) is 12.1 Å². The van der Waals surface area contributed by atoms with Crippen molar-refractivity contribution in [3.05, 3.63) is 47.5 Å². The lowest BCUT2D eigenvalue weighted by Crippen LogP contribution is -2.09. The number of fused-ring (bicyclic) bond motifs is 1. The minimum atomic E-state index is 0.906. The third-order valence-corrected chi connectivity index (χ3v) is 3.36. The van der Waals surface area contributed by atoms with Gasteiger partial charge in [0.05, 0.1) is 7.11 Å². The van der Waals surface area contributed by atoms with Crippen LogP contribution in [-0.2, 0) is 0 Å². The zero-order chi connectivity index (χ0) is 13.7. The Labute approximate surface area is 115 Å². The molecule has 2 nitrogen and oxygen atoms in total. The first-order valence-electron chi connectivity index (χ1n) is 6.70. The maximum absolute atomic E-state index is 5.51. The standard InChI is InChI=1S/C17H21NO/c1-4-13(12-18-2)11-16-15-8-6-5-7-14(15)9-10-17(16)19-3/h5-11,18H,4,12H2,1-3H3. The molecule has 2 aromatic rings. The quantitative estimate of drug-likeness (QED) is 0.876. The van der Waals surface area contributed by atoms with E-state index in [9.17, 15) is 0 Å². The first kappa shape index (κ1) is 13.6. The summed E-state index contributed by atoms with van der Waals surface area (Å²) in [6, 6.07) is 12.6. The van der Waals surface area contributed by atoms with Crippen molar-refractivity contribution in [3.8, 4) is 5.75 Å². The second-order valence-electron chi connectivity index (χ2n) is 4.59. The van der Waals surface area contributed by atoms with Crippen LogP contribution in [0, 0.1) is 0 Å². The number of benzene rings is 2. The molecule has 0 saturated carbocycles. The van der Waals surface area contributed by atoms with E-state index >= 15 is 0 Å². The van der Waals surface area contributed by atoms with Crippen molar-refractivity contribution in [2.45, 2.75) is 13.3 Å². The van der Waals surface area contributed by atoms with Gasteiger partial charge < -0.3 is 10.1 Å². The highest BCUT2D eigenvalue weighted by atomic mass is 16.5. The Morgan fingerprint density at radius 2 is 2.00 bits per heavy atom. The van der Waals surface area contributed by atoms with Crippen molar-refractivity contribution in [1.29, 1.82) is 0 Å². The van der Waals surface area contributed by atoms with Gasteiger partial charge in [-0.2, -0.15) is 0 Å². The zero-order valence-corrected chi connectivity index (χ0v) is 11.9. The van der Waals surface area contributed by atoms with E-state index in [1.54, 1.807) is 7.11 Å². The van der Waals surface area contributed by atoms with E-state index in [0.717, 1.165) is 18.7 Å². The SMILES string of the molecule is CCC(=Cc1c(OC)ccc2ccccc12)CNC. The highest BCUT2D eigenvalue weighted by Crippen LogP contribution is 2.30. The molecule has 0 bridgehead atoms. The van der Waals surface area contributed by atoms with Gasteiger partial charge in [0.25, 0.3) is 0 Å². The van der Waals surface area contributed by atoms with E-state index < -0.39 is 0 Å². The predicted octanol–water partition coefficient (Wildman–Crippen LogP) is 3.86. The summed E-state index contributed by atoms with van der Waals surface area (Å²) in [4.78, 5) is 0. The molecule has 2 heteroatoms. The molecule has 2 rings (SSSR count). The molecule has 0 aliphatic carbocycles. The van der Waals surface area contributed by atoms with E-state index in [-0.39, 0.29) is 0 Å². The number of hydrogen-bond donors (Lipinski definition) is 1. The lowest BCUT2D eigenvalue weighted by molar-refractivity contribution is 0.414. The van der Waals surface area contributed by atoms with Gasteiger partial charge in [-0.3, -0.25) is 0 Å². The second kappa shape index (κ2) is 6.39. The van der Waals surface area contributed by atoms with Crippen LogP contribution < -0.4 is 10.1 Å². The topological polar surface area (TPSA) is 21.3 Å². The highest BCUT2D eigenvalue weighted by molar-refractivity contribution is 5.93. The Bertz CT molecular complexity index is 587. The average Bonchev–Trinajstić information content (AvgIpc) is 2.46. The van der Waals surface area contributed by atoms with Crippen LogP contribution in [0.5, 0.6) is 5.75 Å². The summed E-state index contributed by atoms with van der Waals surface area (Å²) in [5.74, 6) is 0.931. The fraction of sp³-hybridized carbons (Fsp3) is 0.294. The molecule has 100 valence electrons. The molecular weight excluding hydrogens is 234 g/mol. The van der Waals surface area contributed by atoms with Crippen LogP contribution in [0.4, 0.5) is 0 Å². The molecule has 0 aliphatic rings. The van der Waals surface area contributed by atoms with Crippen molar-refractivity contribution in [2.75, 3.05) is 20.7 Å². The normalized spacial score (nSPS) is 11.8. The van der Waals surface area contributed by atoms with Crippen molar-refractivity contribution < 1.29 is 4.74 Å². The van der Waals surface area contributed by atoms with Gasteiger partial charge in [-0.1, -0.05) is 48.9 Å². The summed E-state index contributed by atoms with van der Waals surface area (Å²) in [6.45, 7) is 3.09. The Morgan fingerprint density at radius 3 is 2.68 bits per heavy atom. The van der Waals surface area contributed by atoms with Crippen LogP contribution in [-0.4, -0.2) is 20.7 Å². The van der Waals surface area contributed by atoms with Crippen LogP contribution in [0.25, 0.3) is 16.8 Å². The number of ether oxygens (including phenoxy) is 1. The van der Waals surface area contributed by atoms with E-state index in [4.69, 9.17) is 4.74 Å². The fourth-order valence-electron chi connectivity index (χ4n) is 2.31. The van der Waals surface area contributed by atoms with Crippen LogP contribution in [0.1, 0.15) is 18.9 Å². The van der Waals surface area contributed by atoms with Crippen molar-refractivity contribution in [1.82, 2.24) is 5.32 Å². The average molecular weight is 255 g/mol. The number of hydrogen-bond acceptors (Lipinski definition) is 2. The minimum absolute atomic E-state index is 0.906. The summed E-state index contributed by atoms with van der Waals surface area (Å²) < 4.78 is 5.51. The molecule has 19 heavy (non-hydrogen) atoms. The molecule has 0 heterocycles. The summed E-state index contributed by atoms with van der Waals surface area (Å²) in [5, 5.41) is 5.70. The minimum Gasteiger partial charge on any atom is -0.496 e. The van der Waals surface area contributed by atoms with Gasteiger partial charge in [0.15, 0.2) is 0 Å². The molecule has 0 saturated heterocycles. The zero-order valence-electron chi connectivity index (χ0n) is 11.9. The fourth-order valence-corrected chi connectivity index (χ4v) is 2.31. The molecular formula is C17H21NO. The molecule has 0 aliphatic heterocycles. The van der Waals surface area contributed by atoms with E-state index in [1.165, 1.54) is 21.9 Å². The van der Waals surface area contributed by atoms with Gasteiger partial charge >= 0.3 is 0 Å². The van der Waals surface area contributed by atoms with E-state index in [2.05, 4.69) is 48.6 Å². The van der Waals surface area contributed by atoms with Crippen molar-refractivity contribution in [3.63, 3.8) is 0 Å². The van der Waals surface area contributed by atoms with Gasteiger partial charge in [-0.25, -0.2) is 0 Å². The predicted molar refractivity (Wildman–Crippen MR) is 82.7 cm³/mol. The van der Waals surface area contributed by atoms with Gasteiger partial charge in [-0.15, -0.1) is 0 Å². The summed E-state index contributed by atoms with van der Waals surface area (Å²) in [5.41, 5.74) is 2.55. The maximum atomic E-state index is 5.51. The third-order valence-electron chi connectivity index (χ3n) is 3.36. The molecule has 0 radical (unpaired) electrons. The first-order chi connectivity index (χ1) is 9.30. The summed E-state index contributed by atoms with van der Waals surface area (Å²) >= 11 is 0. The molecule has 0 amide bonds. The number of likely N-dealkylation sites (N-methyl/N-ethyl adjacent to an activating group) is 1. The molecule has 1 N–H and O–H groups in total. The molecule has 0 fully saturated rings.